The van der Waals surface area contributed by atoms with Crippen molar-refractivity contribution in [1.29, 1.82) is 0 Å². The summed E-state index contributed by atoms with van der Waals surface area (Å²) in [5.41, 5.74) is 2.66. The van der Waals surface area contributed by atoms with Gasteiger partial charge in [0.15, 0.2) is 0 Å². The Morgan fingerprint density at radius 1 is 0.900 bits per heavy atom. The van der Waals surface area contributed by atoms with Crippen molar-refractivity contribution in [1.82, 2.24) is 9.80 Å². The Morgan fingerprint density at radius 3 is 2.27 bits per heavy atom. The first kappa shape index (κ1) is 21.6. The van der Waals surface area contributed by atoms with Crippen molar-refractivity contribution < 1.29 is 14.3 Å². The second kappa shape index (κ2) is 10.1. The lowest BCUT2D eigenvalue weighted by Crippen LogP contribution is -2.35. The number of nitrogens with zero attached hydrogens (tertiary/aromatic N) is 2. The molecule has 2 aromatic rings. The van der Waals surface area contributed by atoms with Gasteiger partial charge in [0.25, 0.3) is 11.8 Å². The molecule has 0 N–H and O–H groups in total. The smallest absolute Gasteiger partial charge is 0.277 e. The number of likely N-dealkylation sites (N-methyl/N-ethyl adjacent to an activating group) is 1. The molecule has 0 aliphatic carbocycles. The summed E-state index contributed by atoms with van der Waals surface area (Å²) in [6.45, 7) is 5.73. The van der Waals surface area contributed by atoms with Crippen LogP contribution in [-0.2, 0) is 16.1 Å². The Labute approximate surface area is 178 Å². The summed E-state index contributed by atoms with van der Waals surface area (Å²) in [7, 11) is 1.58. The molecule has 0 bridgehead atoms. The fraction of sp³-hybridized carbons (Fsp3) is 0.360. The van der Waals surface area contributed by atoms with Gasteiger partial charge >= 0.3 is 0 Å². The molecule has 5 heteroatoms. The second-order valence-corrected chi connectivity index (χ2v) is 7.39. The number of amides is 2. The van der Waals surface area contributed by atoms with Crippen LogP contribution in [0.5, 0.6) is 5.75 Å². The molecule has 1 aliphatic rings. The lowest BCUT2D eigenvalue weighted by atomic mass is 10.0. The zero-order valence-electron chi connectivity index (χ0n) is 18.1. The minimum Gasteiger partial charge on any atom is -0.496 e. The number of ether oxygens (including phenoxy) is 1. The van der Waals surface area contributed by atoms with E-state index in [1.54, 1.807) is 7.11 Å². The maximum absolute atomic E-state index is 13.4. The highest BCUT2D eigenvalue weighted by atomic mass is 16.5. The molecule has 0 saturated heterocycles. The maximum Gasteiger partial charge on any atom is 0.277 e. The van der Waals surface area contributed by atoms with Gasteiger partial charge in [0, 0.05) is 25.2 Å². The van der Waals surface area contributed by atoms with Crippen LogP contribution in [0, 0.1) is 0 Å². The zero-order chi connectivity index (χ0) is 21.5. The molecule has 158 valence electrons. The molecule has 0 aromatic heterocycles. The largest absolute Gasteiger partial charge is 0.496 e. The molecule has 0 spiro atoms. The predicted octanol–water partition coefficient (Wildman–Crippen LogP) is 4.49. The van der Waals surface area contributed by atoms with Crippen LogP contribution in [0.2, 0.25) is 0 Å². The molecular formula is C25H30N2O3. The van der Waals surface area contributed by atoms with Gasteiger partial charge in [-0.05, 0) is 25.0 Å². The van der Waals surface area contributed by atoms with E-state index in [9.17, 15) is 9.59 Å². The molecule has 0 saturated carbocycles. The van der Waals surface area contributed by atoms with Gasteiger partial charge in [-0.2, -0.15) is 0 Å². The van der Waals surface area contributed by atoms with E-state index in [2.05, 4.69) is 6.92 Å². The monoisotopic (exact) mass is 406 g/mol. The first-order chi connectivity index (χ1) is 14.6. The number of rotatable bonds is 10. The van der Waals surface area contributed by atoms with Crippen molar-refractivity contribution in [3.8, 4) is 5.75 Å². The Balaban J connectivity index is 2.06. The van der Waals surface area contributed by atoms with Crippen molar-refractivity contribution >= 4 is 17.4 Å². The summed E-state index contributed by atoms with van der Waals surface area (Å²) >= 11 is 0. The SMILES string of the molecule is CCCCCN1C(=O)C(c2ccccc2OC)=C(N(CC)Cc2ccccc2)C1=O. The van der Waals surface area contributed by atoms with Gasteiger partial charge in [0.1, 0.15) is 11.4 Å². The van der Waals surface area contributed by atoms with Crippen molar-refractivity contribution in [2.75, 3.05) is 20.2 Å². The Morgan fingerprint density at radius 2 is 1.60 bits per heavy atom. The molecule has 5 nitrogen and oxygen atoms in total. The molecule has 1 aliphatic heterocycles. The van der Waals surface area contributed by atoms with E-state index in [1.165, 1.54) is 4.90 Å². The fourth-order valence-corrected chi connectivity index (χ4v) is 3.83. The highest BCUT2D eigenvalue weighted by Gasteiger charge is 2.41. The number of unbranched alkanes of at least 4 members (excludes halogenated alkanes) is 2. The molecule has 2 amide bonds. The molecule has 3 rings (SSSR count). The predicted molar refractivity (Wildman–Crippen MR) is 119 cm³/mol. The summed E-state index contributed by atoms with van der Waals surface area (Å²) in [6.07, 6.45) is 2.83. The number of carbonyl (C=O) groups is 2. The van der Waals surface area contributed by atoms with Gasteiger partial charge in [-0.3, -0.25) is 14.5 Å². The van der Waals surface area contributed by atoms with E-state index in [4.69, 9.17) is 4.74 Å². The number of hydrogen-bond donors (Lipinski definition) is 0. The summed E-state index contributed by atoms with van der Waals surface area (Å²) in [5, 5.41) is 0. The van der Waals surface area contributed by atoms with Crippen LogP contribution >= 0.6 is 0 Å². The van der Waals surface area contributed by atoms with E-state index in [0.29, 0.717) is 42.2 Å². The van der Waals surface area contributed by atoms with Gasteiger partial charge in [-0.15, -0.1) is 0 Å². The van der Waals surface area contributed by atoms with Crippen LogP contribution in [0.4, 0.5) is 0 Å². The standard InChI is InChI=1S/C25H30N2O3/c1-4-6-12-17-27-24(28)22(20-15-10-11-16-21(20)30-3)23(25(27)29)26(5-2)18-19-13-8-7-9-14-19/h7-11,13-16H,4-6,12,17-18H2,1-3H3. The molecule has 30 heavy (non-hydrogen) atoms. The topological polar surface area (TPSA) is 49.9 Å². The van der Waals surface area contributed by atoms with Crippen molar-refractivity contribution in [3.63, 3.8) is 0 Å². The Hall–Kier alpha value is -3.08. The van der Waals surface area contributed by atoms with Gasteiger partial charge < -0.3 is 9.64 Å². The first-order valence-corrected chi connectivity index (χ1v) is 10.6. The van der Waals surface area contributed by atoms with Crippen LogP contribution in [0.15, 0.2) is 60.3 Å². The number of benzene rings is 2. The number of para-hydroxylation sites is 1. The van der Waals surface area contributed by atoms with Gasteiger partial charge in [-0.25, -0.2) is 0 Å². The molecule has 0 atom stereocenters. The van der Waals surface area contributed by atoms with E-state index in [1.807, 2.05) is 66.4 Å². The third-order valence-electron chi connectivity index (χ3n) is 5.42. The number of methoxy groups -OCH3 is 1. The van der Waals surface area contributed by atoms with Crippen LogP contribution in [0.25, 0.3) is 5.57 Å². The zero-order valence-corrected chi connectivity index (χ0v) is 18.1. The van der Waals surface area contributed by atoms with Crippen molar-refractivity contribution in [2.45, 2.75) is 39.7 Å². The summed E-state index contributed by atoms with van der Waals surface area (Å²) in [6, 6.07) is 17.4. The van der Waals surface area contributed by atoms with E-state index in [0.717, 1.165) is 24.8 Å². The normalized spacial score (nSPS) is 13.9. The minimum absolute atomic E-state index is 0.213. The number of hydrogen-bond acceptors (Lipinski definition) is 4. The summed E-state index contributed by atoms with van der Waals surface area (Å²) < 4.78 is 5.52. The number of carbonyl (C=O) groups excluding carboxylic acids is 2. The van der Waals surface area contributed by atoms with Gasteiger partial charge in [-0.1, -0.05) is 68.3 Å². The van der Waals surface area contributed by atoms with Gasteiger partial charge in [0.05, 0.1) is 12.7 Å². The molecule has 0 radical (unpaired) electrons. The van der Waals surface area contributed by atoms with Gasteiger partial charge in [0.2, 0.25) is 0 Å². The van der Waals surface area contributed by atoms with Crippen molar-refractivity contribution in [3.05, 3.63) is 71.4 Å². The maximum atomic E-state index is 13.4. The van der Waals surface area contributed by atoms with Crippen LogP contribution in [-0.4, -0.2) is 41.8 Å². The quantitative estimate of drug-likeness (QED) is 0.431. The molecule has 2 aromatic carbocycles. The average molecular weight is 407 g/mol. The lowest BCUT2D eigenvalue weighted by Gasteiger charge is -2.25. The Bertz CT molecular complexity index is 921. The third-order valence-corrected chi connectivity index (χ3v) is 5.42. The molecule has 0 fully saturated rings. The second-order valence-electron chi connectivity index (χ2n) is 7.39. The average Bonchev–Trinajstić information content (AvgIpc) is 3.02. The summed E-state index contributed by atoms with van der Waals surface area (Å²) in [5.74, 6) is 0.147. The van der Waals surface area contributed by atoms with E-state index >= 15 is 0 Å². The minimum atomic E-state index is -0.234. The summed E-state index contributed by atoms with van der Waals surface area (Å²) in [4.78, 5) is 30.3. The lowest BCUT2D eigenvalue weighted by molar-refractivity contribution is -0.137. The highest BCUT2D eigenvalue weighted by Crippen LogP contribution is 2.36. The molecule has 0 unspecified atom stereocenters. The van der Waals surface area contributed by atoms with Crippen molar-refractivity contribution in [2.24, 2.45) is 0 Å². The van der Waals surface area contributed by atoms with Crippen LogP contribution < -0.4 is 4.74 Å². The van der Waals surface area contributed by atoms with E-state index in [-0.39, 0.29) is 11.8 Å². The fourth-order valence-electron chi connectivity index (χ4n) is 3.83. The van der Waals surface area contributed by atoms with Crippen LogP contribution in [0.1, 0.15) is 44.2 Å². The molecular weight excluding hydrogens is 376 g/mol. The molecule has 1 heterocycles. The first-order valence-electron chi connectivity index (χ1n) is 10.6. The van der Waals surface area contributed by atoms with Crippen LogP contribution in [0.3, 0.4) is 0 Å². The highest BCUT2D eigenvalue weighted by molar-refractivity contribution is 6.36. The van der Waals surface area contributed by atoms with E-state index < -0.39 is 0 Å². The Kier molecular flexibility index (Phi) is 7.28. The number of imide groups is 1. The third kappa shape index (κ3) is 4.40.